The predicted octanol–water partition coefficient (Wildman–Crippen LogP) is 4.06. The first kappa shape index (κ1) is 23.3. The Morgan fingerprint density at radius 2 is 1.47 bits per heavy atom. The van der Waals surface area contributed by atoms with Gasteiger partial charge in [0.15, 0.2) is 6.10 Å². The molecule has 3 rings (SSSR count). The van der Waals surface area contributed by atoms with Gasteiger partial charge in [0.2, 0.25) is 10.0 Å². The number of amides is 1. The molecule has 168 valence electrons. The molecule has 0 spiro atoms. The van der Waals surface area contributed by atoms with Crippen molar-refractivity contribution >= 4 is 21.6 Å². The summed E-state index contributed by atoms with van der Waals surface area (Å²) in [4.78, 5) is 13.0. The Morgan fingerprint density at radius 1 is 0.906 bits per heavy atom. The molecule has 0 aliphatic heterocycles. The average molecular weight is 453 g/mol. The molecule has 0 saturated carbocycles. The summed E-state index contributed by atoms with van der Waals surface area (Å²) < 4.78 is 30.3. The van der Waals surface area contributed by atoms with Crippen LogP contribution in [-0.4, -0.2) is 33.7 Å². The molecule has 1 amide bonds. The van der Waals surface area contributed by atoms with E-state index >= 15 is 0 Å². The lowest BCUT2D eigenvalue weighted by molar-refractivity contribution is -0.127. The Morgan fingerprint density at radius 3 is 2.03 bits per heavy atom. The molecule has 0 saturated heterocycles. The highest BCUT2D eigenvalue weighted by Crippen LogP contribution is 2.24. The third-order valence-electron chi connectivity index (χ3n) is 5.21. The number of ether oxygens (including phenoxy) is 1. The van der Waals surface area contributed by atoms with Crippen molar-refractivity contribution in [1.29, 1.82) is 0 Å². The maximum atomic E-state index is 13.0. The minimum absolute atomic E-state index is 0.253. The number of nitrogens with zero attached hydrogens (tertiary/aromatic N) is 1. The monoisotopic (exact) mass is 452 g/mol. The molecule has 2 atom stereocenters. The van der Waals surface area contributed by atoms with Crippen molar-refractivity contribution < 1.29 is 17.9 Å². The summed E-state index contributed by atoms with van der Waals surface area (Å²) in [5.41, 5.74) is 3.62. The van der Waals surface area contributed by atoms with Crippen LogP contribution in [-0.2, 0) is 14.8 Å². The molecule has 0 aromatic heterocycles. The molecule has 32 heavy (non-hydrogen) atoms. The summed E-state index contributed by atoms with van der Waals surface area (Å²) >= 11 is 0. The zero-order valence-corrected chi connectivity index (χ0v) is 19.5. The van der Waals surface area contributed by atoms with Crippen LogP contribution in [0, 0.1) is 6.92 Å². The summed E-state index contributed by atoms with van der Waals surface area (Å²) in [5, 5.41) is 3.09. The Bertz CT molecular complexity index is 1140. The van der Waals surface area contributed by atoms with Crippen molar-refractivity contribution in [3.05, 3.63) is 95.6 Å². The number of anilines is 1. The molecule has 0 heterocycles. The molecule has 0 radical (unpaired) electrons. The number of aryl methyl sites for hydroxylation is 1. The van der Waals surface area contributed by atoms with Gasteiger partial charge >= 0.3 is 0 Å². The van der Waals surface area contributed by atoms with Crippen molar-refractivity contribution in [2.24, 2.45) is 0 Å². The molecule has 1 N–H and O–H groups in total. The first-order valence-electron chi connectivity index (χ1n) is 10.3. The van der Waals surface area contributed by atoms with E-state index in [9.17, 15) is 13.2 Å². The molecule has 7 heteroatoms. The number of rotatable bonds is 8. The highest BCUT2D eigenvalue weighted by atomic mass is 32.2. The number of nitrogens with one attached hydrogen (secondary N) is 1. The third-order valence-corrected chi connectivity index (χ3v) is 6.42. The Labute approximate surface area is 189 Å². The summed E-state index contributed by atoms with van der Waals surface area (Å²) in [6.45, 7) is 3.71. The number of carbonyl (C=O) groups is 1. The van der Waals surface area contributed by atoms with E-state index in [0.29, 0.717) is 11.4 Å². The second kappa shape index (κ2) is 9.87. The summed E-state index contributed by atoms with van der Waals surface area (Å²) in [5.74, 6) is 0.224. The van der Waals surface area contributed by atoms with E-state index in [2.05, 4.69) is 5.32 Å². The number of hydrogen-bond donors (Lipinski definition) is 1. The van der Waals surface area contributed by atoms with Crippen LogP contribution in [0.3, 0.4) is 0 Å². The highest BCUT2D eigenvalue weighted by Gasteiger charge is 2.22. The van der Waals surface area contributed by atoms with E-state index in [0.717, 1.165) is 22.9 Å². The highest BCUT2D eigenvalue weighted by molar-refractivity contribution is 7.92. The largest absolute Gasteiger partial charge is 0.481 e. The van der Waals surface area contributed by atoms with Gasteiger partial charge in [-0.25, -0.2) is 8.42 Å². The van der Waals surface area contributed by atoms with E-state index in [1.54, 1.807) is 31.2 Å². The lowest BCUT2D eigenvalue weighted by Crippen LogP contribution is -2.39. The molecule has 6 nitrogen and oxygen atoms in total. The van der Waals surface area contributed by atoms with Crippen LogP contribution in [0.5, 0.6) is 5.75 Å². The van der Waals surface area contributed by atoms with Crippen LogP contribution in [0.4, 0.5) is 5.69 Å². The zero-order chi connectivity index (χ0) is 23.3. The number of benzene rings is 3. The maximum absolute atomic E-state index is 13.0. The quantitative estimate of drug-likeness (QED) is 0.559. The van der Waals surface area contributed by atoms with Gasteiger partial charge in [-0.1, -0.05) is 60.2 Å². The van der Waals surface area contributed by atoms with Crippen molar-refractivity contribution in [3.8, 4) is 5.75 Å². The molecule has 0 bridgehead atoms. The van der Waals surface area contributed by atoms with Crippen molar-refractivity contribution in [2.45, 2.75) is 26.0 Å². The second-order valence-corrected chi connectivity index (χ2v) is 9.76. The summed E-state index contributed by atoms with van der Waals surface area (Å²) in [7, 11) is -1.86. The van der Waals surface area contributed by atoms with E-state index in [1.165, 1.54) is 11.4 Å². The first-order valence-corrected chi connectivity index (χ1v) is 12.1. The molecule has 0 fully saturated rings. The van der Waals surface area contributed by atoms with E-state index in [4.69, 9.17) is 4.74 Å². The molecule has 3 aromatic rings. The maximum Gasteiger partial charge on any atom is 0.261 e. The lowest BCUT2D eigenvalue weighted by Gasteiger charge is -2.23. The Balaban J connectivity index is 1.73. The Kier molecular flexibility index (Phi) is 7.20. The predicted molar refractivity (Wildman–Crippen MR) is 127 cm³/mol. The van der Waals surface area contributed by atoms with Crippen molar-refractivity contribution in [3.63, 3.8) is 0 Å². The van der Waals surface area contributed by atoms with Crippen molar-refractivity contribution in [2.75, 3.05) is 17.6 Å². The van der Waals surface area contributed by atoms with Gasteiger partial charge < -0.3 is 10.1 Å². The van der Waals surface area contributed by atoms with Gasteiger partial charge in [-0.05, 0) is 49.2 Å². The fourth-order valence-electron chi connectivity index (χ4n) is 3.21. The minimum Gasteiger partial charge on any atom is -0.481 e. The van der Waals surface area contributed by atoms with Crippen LogP contribution < -0.4 is 14.4 Å². The van der Waals surface area contributed by atoms with Gasteiger partial charge in [-0.3, -0.25) is 9.10 Å². The molecular weight excluding hydrogens is 424 g/mol. The van der Waals surface area contributed by atoms with E-state index in [1.807, 2.05) is 61.5 Å². The third kappa shape index (κ3) is 5.88. The van der Waals surface area contributed by atoms with Gasteiger partial charge in [-0.2, -0.15) is 0 Å². The molecule has 3 aromatic carbocycles. The normalized spacial score (nSPS) is 13.1. The fourth-order valence-corrected chi connectivity index (χ4v) is 3.71. The van der Waals surface area contributed by atoms with Crippen LogP contribution >= 0.6 is 0 Å². The SMILES string of the molecule is Cc1ccc([C@@H](NC(=O)[C@H](C)Oc2ccc(N(C)S(C)(=O)=O)cc2)c2ccccc2)cc1. The van der Waals surface area contributed by atoms with Gasteiger partial charge in [-0.15, -0.1) is 0 Å². The van der Waals surface area contributed by atoms with Gasteiger partial charge in [0, 0.05) is 7.05 Å². The summed E-state index contributed by atoms with van der Waals surface area (Å²) in [6.07, 6.45) is 0.395. The molecular formula is C25H28N2O4S. The lowest BCUT2D eigenvalue weighted by atomic mass is 9.97. The topological polar surface area (TPSA) is 75.7 Å². The second-order valence-electron chi connectivity index (χ2n) is 7.75. The van der Waals surface area contributed by atoms with Crippen LogP contribution in [0.25, 0.3) is 0 Å². The zero-order valence-electron chi connectivity index (χ0n) is 18.6. The molecule has 0 unspecified atom stereocenters. The number of hydrogen-bond acceptors (Lipinski definition) is 4. The smallest absolute Gasteiger partial charge is 0.261 e. The minimum atomic E-state index is -3.35. The van der Waals surface area contributed by atoms with Crippen LogP contribution in [0.2, 0.25) is 0 Å². The van der Waals surface area contributed by atoms with E-state index < -0.39 is 16.1 Å². The average Bonchev–Trinajstić information content (AvgIpc) is 2.78. The van der Waals surface area contributed by atoms with Gasteiger partial charge in [0.05, 0.1) is 18.0 Å². The molecule has 0 aliphatic carbocycles. The van der Waals surface area contributed by atoms with E-state index in [-0.39, 0.29) is 11.9 Å². The van der Waals surface area contributed by atoms with Gasteiger partial charge in [0.1, 0.15) is 5.75 Å². The Hall–Kier alpha value is -3.32. The van der Waals surface area contributed by atoms with Crippen LogP contribution in [0.15, 0.2) is 78.9 Å². The van der Waals surface area contributed by atoms with Gasteiger partial charge in [0.25, 0.3) is 5.91 Å². The number of sulfonamides is 1. The fraction of sp³-hybridized carbons (Fsp3) is 0.240. The van der Waals surface area contributed by atoms with Crippen LogP contribution in [0.1, 0.15) is 29.7 Å². The first-order chi connectivity index (χ1) is 15.1. The standard InChI is InChI=1S/C25H28N2O4S/c1-18-10-12-21(13-11-18)24(20-8-6-5-7-9-20)26-25(28)19(2)31-23-16-14-22(15-17-23)27(3)32(4,29)30/h5-17,19,24H,1-4H3,(H,26,28)/t19-,24-/m0/s1. The summed E-state index contributed by atoms with van der Waals surface area (Å²) in [6, 6.07) is 24.1. The molecule has 0 aliphatic rings. The van der Waals surface area contributed by atoms with Crippen molar-refractivity contribution in [1.82, 2.24) is 5.32 Å². The number of carbonyl (C=O) groups excluding carboxylic acids is 1.